The van der Waals surface area contributed by atoms with Gasteiger partial charge in [0.05, 0.1) is 5.52 Å². The molecule has 0 spiro atoms. The summed E-state index contributed by atoms with van der Waals surface area (Å²) in [4.78, 5) is 21.2. The smallest absolute Gasteiger partial charge is 0.242 e. The van der Waals surface area contributed by atoms with Crippen molar-refractivity contribution in [1.82, 2.24) is 24.9 Å². The molecule has 0 bridgehead atoms. The van der Waals surface area contributed by atoms with E-state index in [4.69, 9.17) is 0 Å². The molecule has 2 N–H and O–H groups in total. The summed E-state index contributed by atoms with van der Waals surface area (Å²) in [7, 11) is 0. The number of nitrogens with zero attached hydrogens (tertiary/aromatic N) is 4. The van der Waals surface area contributed by atoms with Crippen molar-refractivity contribution in [2.45, 2.75) is 12.5 Å². The van der Waals surface area contributed by atoms with Crippen LogP contribution < -0.4 is 10.6 Å². The maximum absolute atomic E-state index is 13.2. The van der Waals surface area contributed by atoms with E-state index < -0.39 is 0 Å². The number of nitrogens with one attached hydrogen (secondary N) is 2. The van der Waals surface area contributed by atoms with Crippen molar-refractivity contribution in [2.75, 3.05) is 11.9 Å². The van der Waals surface area contributed by atoms with Crippen LogP contribution in [0.15, 0.2) is 48.5 Å². The monoisotopic (exact) mass is 362 g/mol. The van der Waals surface area contributed by atoms with E-state index >= 15 is 0 Å². The molecule has 134 valence electrons. The zero-order valence-electron chi connectivity index (χ0n) is 14.2. The summed E-state index contributed by atoms with van der Waals surface area (Å²) in [5, 5.41) is 11.4. The third-order valence-electron chi connectivity index (χ3n) is 4.63. The molecule has 1 unspecified atom stereocenters. The lowest BCUT2D eigenvalue weighted by molar-refractivity contribution is -0.119. The molecule has 1 saturated heterocycles. The maximum atomic E-state index is 13.2. The molecule has 0 aliphatic carbocycles. The van der Waals surface area contributed by atoms with Crippen LogP contribution in [0.4, 0.5) is 10.3 Å². The lowest BCUT2D eigenvalue weighted by atomic mass is 10.2. The van der Waals surface area contributed by atoms with Crippen LogP contribution in [0.25, 0.3) is 27.9 Å². The average molecular weight is 362 g/mol. The van der Waals surface area contributed by atoms with Gasteiger partial charge in [-0.2, -0.15) is 4.52 Å². The Morgan fingerprint density at radius 2 is 1.93 bits per heavy atom. The summed E-state index contributed by atoms with van der Waals surface area (Å²) in [6.07, 6.45) is 0.675. The van der Waals surface area contributed by atoms with Gasteiger partial charge in [0, 0.05) is 17.5 Å². The number of benzene rings is 2. The van der Waals surface area contributed by atoms with Crippen molar-refractivity contribution in [2.24, 2.45) is 0 Å². The fraction of sp³-hybridized carbons (Fsp3) is 0.158. The predicted molar refractivity (Wildman–Crippen MR) is 98.7 cm³/mol. The number of hydrogen-bond donors (Lipinski definition) is 2. The summed E-state index contributed by atoms with van der Waals surface area (Å²) < 4.78 is 14.8. The van der Waals surface area contributed by atoms with Gasteiger partial charge in [-0.3, -0.25) is 4.79 Å². The van der Waals surface area contributed by atoms with Crippen molar-refractivity contribution < 1.29 is 9.18 Å². The first-order chi connectivity index (χ1) is 13.2. The molecule has 1 amide bonds. The second kappa shape index (κ2) is 6.01. The van der Waals surface area contributed by atoms with Crippen LogP contribution in [-0.4, -0.2) is 38.1 Å². The normalized spacial score (nSPS) is 16.8. The standard InChI is InChI=1S/C19H15FN6O/c20-12-7-5-11(6-8-12)16-24-17-13-3-1-2-4-14(13)22-19(26(17)25-16)23-15-9-10-21-18(15)27/h1-8,15H,9-10H2,(H,21,27)(H,22,23). The molecule has 1 fully saturated rings. The molecule has 1 atom stereocenters. The minimum atomic E-state index is -0.361. The van der Waals surface area contributed by atoms with Crippen LogP contribution in [0.2, 0.25) is 0 Å². The molecule has 3 heterocycles. The topological polar surface area (TPSA) is 84.2 Å². The van der Waals surface area contributed by atoms with E-state index in [1.54, 1.807) is 16.6 Å². The first-order valence-electron chi connectivity index (χ1n) is 8.65. The van der Waals surface area contributed by atoms with E-state index in [0.717, 1.165) is 10.9 Å². The number of hydrogen-bond acceptors (Lipinski definition) is 5. The third-order valence-corrected chi connectivity index (χ3v) is 4.63. The molecule has 0 radical (unpaired) electrons. The van der Waals surface area contributed by atoms with Gasteiger partial charge in [0.1, 0.15) is 11.9 Å². The number of para-hydroxylation sites is 1. The van der Waals surface area contributed by atoms with Gasteiger partial charge < -0.3 is 10.6 Å². The van der Waals surface area contributed by atoms with Gasteiger partial charge >= 0.3 is 0 Å². The quantitative estimate of drug-likeness (QED) is 0.585. The molecular weight excluding hydrogens is 347 g/mol. The predicted octanol–water partition coefficient (Wildman–Crippen LogP) is 2.38. The average Bonchev–Trinajstić information content (AvgIpc) is 3.30. The zero-order chi connectivity index (χ0) is 18.4. The summed E-state index contributed by atoms with van der Waals surface area (Å²) >= 11 is 0. The Bertz CT molecular complexity index is 1170. The molecular formula is C19H15FN6O. The van der Waals surface area contributed by atoms with E-state index in [1.807, 2.05) is 24.3 Å². The fourth-order valence-corrected chi connectivity index (χ4v) is 3.26. The second-order valence-electron chi connectivity index (χ2n) is 6.41. The number of anilines is 1. The van der Waals surface area contributed by atoms with Gasteiger partial charge in [0.15, 0.2) is 11.5 Å². The lowest BCUT2D eigenvalue weighted by Crippen LogP contribution is -2.30. The number of carbonyl (C=O) groups excluding carboxylic acids is 1. The largest absolute Gasteiger partial charge is 0.354 e. The van der Waals surface area contributed by atoms with Crippen molar-refractivity contribution in [3.05, 3.63) is 54.3 Å². The molecule has 27 heavy (non-hydrogen) atoms. The van der Waals surface area contributed by atoms with Crippen molar-refractivity contribution in [1.29, 1.82) is 0 Å². The highest BCUT2D eigenvalue weighted by Crippen LogP contribution is 2.25. The Kier molecular flexibility index (Phi) is 3.49. The molecule has 8 heteroatoms. The van der Waals surface area contributed by atoms with E-state index in [-0.39, 0.29) is 17.8 Å². The van der Waals surface area contributed by atoms with E-state index in [2.05, 4.69) is 25.7 Å². The van der Waals surface area contributed by atoms with Gasteiger partial charge in [-0.05, 0) is 42.8 Å². The molecule has 5 rings (SSSR count). The van der Waals surface area contributed by atoms with E-state index in [1.165, 1.54) is 12.1 Å². The van der Waals surface area contributed by atoms with Gasteiger partial charge in [0.2, 0.25) is 11.9 Å². The molecule has 1 aliphatic heterocycles. The van der Waals surface area contributed by atoms with E-state index in [9.17, 15) is 9.18 Å². The number of amides is 1. The summed E-state index contributed by atoms with van der Waals surface area (Å²) in [5.41, 5.74) is 2.08. The number of aromatic nitrogens is 4. The highest BCUT2D eigenvalue weighted by atomic mass is 19.1. The van der Waals surface area contributed by atoms with Crippen LogP contribution >= 0.6 is 0 Å². The first-order valence-corrected chi connectivity index (χ1v) is 8.65. The van der Waals surface area contributed by atoms with Crippen molar-refractivity contribution in [3.8, 4) is 11.4 Å². The number of carbonyl (C=O) groups is 1. The Morgan fingerprint density at radius 3 is 2.70 bits per heavy atom. The second-order valence-corrected chi connectivity index (χ2v) is 6.41. The fourth-order valence-electron chi connectivity index (χ4n) is 3.26. The van der Waals surface area contributed by atoms with Gasteiger partial charge in [-0.1, -0.05) is 12.1 Å². The number of fused-ring (bicyclic) bond motifs is 3. The SMILES string of the molecule is O=C1NCCC1Nc1nc2ccccc2c2nc(-c3ccc(F)cc3)nn12. The summed E-state index contributed by atoms with van der Waals surface area (Å²) in [6.45, 7) is 0.630. The maximum Gasteiger partial charge on any atom is 0.242 e. The molecule has 0 saturated carbocycles. The number of rotatable bonds is 3. The van der Waals surface area contributed by atoms with Gasteiger partial charge in [-0.15, -0.1) is 5.10 Å². The highest BCUT2D eigenvalue weighted by molar-refractivity contribution is 5.93. The molecule has 2 aromatic heterocycles. The minimum absolute atomic E-state index is 0.0584. The van der Waals surface area contributed by atoms with Crippen LogP contribution in [0, 0.1) is 5.82 Å². The van der Waals surface area contributed by atoms with Crippen molar-refractivity contribution in [3.63, 3.8) is 0 Å². The molecule has 1 aliphatic rings. The Balaban J connectivity index is 1.70. The Labute approximate surface area is 153 Å². The third kappa shape index (κ3) is 2.66. The summed E-state index contributed by atoms with van der Waals surface area (Å²) in [6, 6.07) is 13.3. The number of halogens is 1. The van der Waals surface area contributed by atoms with Gasteiger partial charge in [-0.25, -0.2) is 14.4 Å². The lowest BCUT2D eigenvalue weighted by Gasteiger charge is -2.12. The molecule has 4 aromatic rings. The highest BCUT2D eigenvalue weighted by Gasteiger charge is 2.26. The van der Waals surface area contributed by atoms with Crippen LogP contribution in [-0.2, 0) is 4.79 Å². The van der Waals surface area contributed by atoms with Crippen LogP contribution in [0.1, 0.15) is 6.42 Å². The van der Waals surface area contributed by atoms with Gasteiger partial charge in [0.25, 0.3) is 0 Å². The van der Waals surface area contributed by atoms with E-state index in [0.29, 0.717) is 35.9 Å². The van der Waals surface area contributed by atoms with Crippen LogP contribution in [0.5, 0.6) is 0 Å². The first kappa shape index (κ1) is 15.7. The Morgan fingerprint density at radius 1 is 1.11 bits per heavy atom. The molecule has 7 nitrogen and oxygen atoms in total. The van der Waals surface area contributed by atoms with Crippen molar-refractivity contribution >= 4 is 28.4 Å². The van der Waals surface area contributed by atoms with Crippen LogP contribution in [0.3, 0.4) is 0 Å². The Hall–Kier alpha value is -3.55. The summed E-state index contributed by atoms with van der Waals surface area (Å²) in [5.74, 6) is 0.542. The zero-order valence-corrected chi connectivity index (χ0v) is 14.2. The molecule has 2 aromatic carbocycles. The minimum Gasteiger partial charge on any atom is -0.354 e.